The summed E-state index contributed by atoms with van der Waals surface area (Å²) in [7, 11) is -3.70. The van der Waals surface area contributed by atoms with Gasteiger partial charge in [0.05, 0.1) is 10.5 Å². The highest BCUT2D eigenvalue weighted by molar-refractivity contribution is 7.89. The average Bonchev–Trinajstić information content (AvgIpc) is 2.67. The lowest BCUT2D eigenvalue weighted by Crippen LogP contribution is -2.35. The number of allylic oxidation sites excluding steroid dienone is 1. The van der Waals surface area contributed by atoms with Gasteiger partial charge < -0.3 is 10.5 Å². The van der Waals surface area contributed by atoms with Crippen LogP contribution in [-0.2, 0) is 19.6 Å². The Hall–Kier alpha value is -2.70. The van der Waals surface area contributed by atoms with Gasteiger partial charge in [-0.05, 0) is 44.4 Å². The number of carbonyl (C=O) groups is 2. The minimum atomic E-state index is -3.70. The standard InChI is InChI=1S/C19H23N3O5S/c1-13-6-7-15(28(25,26)22-8-4-3-5-9-22)10-16(13)19(24)27-12-18(23)17(11-20)14(2)21/h6-7,10H,3-5,8-9,12,21H2,1-2H3. The number of nitrogens with two attached hydrogens (primary N) is 1. The van der Waals surface area contributed by atoms with E-state index in [4.69, 9.17) is 15.7 Å². The van der Waals surface area contributed by atoms with Crippen LogP contribution in [-0.4, -0.2) is 44.2 Å². The zero-order valence-electron chi connectivity index (χ0n) is 15.9. The average molecular weight is 405 g/mol. The van der Waals surface area contributed by atoms with E-state index in [0.717, 1.165) is 19.3 Å². The number of nitriles is 1. The van der Waals surface area contributed by atoms with Crippen molar-refractivity contribution in [2.24, 2.45) is 5.73 Å². The van der Waals surface area contributed by atoms with Crippen LogP contribution in [0.25, 0.3) is 0 Å². The fourth-order valence-corrected chi connectivity index (χ4v) is 4.43. The Bertz CT molecular complexity index is 950. The van der Waals surface area contributed by atoms with Gasteiger partial charge in [0, 0.05) is 18.8 Å². The van der Waals surface area contributed by atoms with E-state index in [9.17, 15) is 18.0 Å². The van der Waals surface area contributed by atoms with Gasteiger partial charge in [-0.25, -0.2) is 13.2 Å². The van der Waals surface area contributed by atoms with Crippen molar-refractivity contribution in [3.63, 3.8) is 0 Å². The van der Waals surface area contributed by atoms with Crippen LogP contribution in [0.5, 0.6) is 0 Å². The molecule has 0 amide bonds. The Morgan fingerprint density at radius 1 is 1.25 bits per heavy atom. The first-order valence-corrected chi connectivity index (χ1v) is 10.3. The van der Waals surface area contributed by atoms with Crippen molar-refractivity contribution >= 4 is 21.8 Å². The normalized spacial score (nSPS) is 16.0. The zero-order chi connectivity index (χ0) is 20.9. The first-order valence-electron chi connectivity index (χ1n) is 8.86. The lowest BCUT2D eigenvalue weighted by atomic mass is 10.1. The fourth-order valence-electron chi connectivity index (χ4n) is 2.89. The van der Waals surface area contributed by atoms with Crippen LogP contribution >= 0.6 is 0 Å². The summed E-state index contributed by atoms with van der Waals surface area (Å²) in [6.07, 6.45) is 2.60. The number of sulfonamides is 1. The highest BCUT2D eigenvalue weighted by Gasteiger charge is 2.27. The van der Waals surface area contributed by atoms with E-state index < -0.39 is 28.4 Å². The van der Waals surface area contributed by atoms with E-state index in [-0.39, 0.29) is 21.7 Å². The van der Waals surface area contributed by atoms with Gasteiger partial charge in [-0.15, -0.1) is 0 Å². The summed E-state index contributed by atoms with van der Waals surface area (Å²) >= 11 is 0. The number of benzene rings is 1. The number of carbonyl (C=O) groups excluding carboxylic acids is 2. The maximum atomic E-state index is 12.8. The third-order valence-electron chi connectivity index (χ3n) is 4.50. The first kappa shape index (κ1) is 21.6. The van der Waals surface area contributed by atoms with E-state index in [1.807, 2.05) is 0 Å². The van der Waals surface area contributed by atoms with Crippen molar-refractivity contribution in [1.82, 2.24) is 4.31 Å². The summed E-state index contributed by atoms with van der Waals surface area (Å²) in [5.74, 6) is -1.56. The van der Waals surface area contributed by atoms with Crippen molar-refractivity contribution in [2.75, 3.05) is 19.7 Å². The maximum absolute atomic E-state index is 12.8. The second kappa shape index (κ2) is 8.99. The molecule has 0 aliphatic carbocycles. The Balaban J connectivity index is 2.21. The minimum Gasteiger partial charge on any atom is -0.454 e. The third-order valence-corrected chi connectivity index (χ3v) is 6.40. The van der Waals surface area contributed by atoms with E-state index >= 15 is 0 Å². The van der Waals surface area contributed by atoms with E-state index in [2.05, 4.69) is 0 Å². The van der Waals surface area contributed by atoms with Crippen LogP contribution in [0.1, 0.15) is 42.1 Å². The summed E-state index contributed by atoms with van der Waals surface area (Å²) in [6.45, 7) is 3.29. The summed E-state index contributed by atoms with van der Waals surface area (Å²) < 4.78 is 32.0. The fraction of sp³-hybridized carbons (Fsp3) is 0.421. The molecule has 1 fully saturated rings. The van der Waals surface area contributed by atoms with E-state index in [0.29, 0.717) is 18.7 Å². The largest absolute Gasteiger partial charge is 0.454 e. The lowest BCUT2D eigenvalue weighted by Gasteiger charge is -2.26. The van der Waals surface area contributed by atoms with Gasteiger partial charge in [0.2, 0.25) is 15.8 Å². The molecule has 1 aliphatic heterocycles. The lowest BCUT2D eigenvalue weighted by molar-refractivity contribution is -0.118. The molecule has 0 unspecified atom stereocenters. The maximum Gasteiger partial charge on any atom is 0.338 e. The van der Waals surface area contributed by atoms with Crippen molar-refractivity contribution in [2.45, 2.75) is 38.0 Å². The molecule has 1 saturated heterocycles. The number of hydrogen-bond donors (Lipinski definition) is 1. The number of hydrogen-bond acceptors (Lipinski definition) is 7. The molecule has 0 aromatic heterocycles. The van der Waals surface area contributed by atoms with Crippen LogP contribution in [0.4, 0.5) is 0 Å². The highest BCUT2D eigenvalue weighted by Crippen LogP contribution is 2.23. The quantitative estimate of drug-likeness (QED) is 0.432. The smallest absolute Gasteiger partial charge is 0.338 e. The number of nitrogens with zero attached hydrogens (tertiary/aromatic N) is 2. The van der Waals surface area contributed by atoms with Crippen LogP contribution in [0, 0.1) is 18.3 Å². The number of Topliss-reactive ketones (excluding diaryl/α,β-unsaturated/α-hetero) is 1. The molecule has 9 heteroatoms. The molecule has 1 heterocycles. The van der Waals surface area contributed by atoms with Gasteiger partial charge in [-0.2, -0.15) is 9.57 Å². The van der Waals surface area contributed by atoms with Gasteiger partial charge in [0.1, 0.15) is 11.6 Å². The number of piperidine rings is 1. The van der Waals surface area contributed by atoms with Gasteiger partial charge in [-0.1, -0.05) is 12.5 Å². The van der Waals surface area contributed by atoms with Crippen molar-refractivity contribution in [3.8, 4) is 6.07 Å². The number of esters is 1. The second-order valence-electron chi connectivity index (χ2n) is 6.61. The topological polar surface area (TPSA) is 131 Å². The molecule has 1 aliphatic rings. The third kappa shape index (κ3) is 4.77. The number of aryl methyl sites for hydroxylation is 1. The molecule has 0 saturated carbocycles. The van der Waals surface area contributed by atoms with Crippen molar-refractivity contribution < 1.29 is 22.7 Å². The Morgan fingerprint density at radius 3 is 2.46 bits per heavy atom. The molecule has 0 radical (unpaired) electrons. The van der Waals surface area contributed by atoms with Crippen LogP contribution in [0.15, 0.2) is 34.4 Å². The van der Waals surface area contributed by atoms with Gasteiger partial charge >= 0.3 is 5.97 Å². The Kier molecular flexibility index (Phi) is 6.94. The van der Waals surface area contributed by atoms with Gasteiger partial charge in [-0.3, -0.25) is 4.79 Å². The molecule has 1 aromatic carbocycles. The van der Waals surface area contributed by atoms with E-state index in [1.165, 1.54) is 29.4 Å². The Morgan fingerprint density at radius 2 is 1.89 bits per heavy atom. The predicted octanol–water partition coefficient (Wildman–Crippen LogP) is 1.65. The van der Waals surface area contributed by atoms with Crippen LogP contribution < -0.4 is 5.73 Å². The van der Waals surface area contributed by atoms with E-state index in [1.54, 1.807) is 13.0 Å². The minimum absolute atomic E-state index is 0.00805. The second-order valence-corrected chi connectivity index (χ2v) is 8.55. The molecule has 1 aromatic rings. The molecule has 150 valence electrons. The van der Waals surface area contributed by atoms with Crippen molar-refractivity contribution in [3.05, 3.63) is 40.6 Å². The zero-order valence-corrected chi connectivity index (χ0v) is 16.7. The van der Waals surface area contributed by atoms with Crippen LogP contribution in [0.2, 0.25) is 0 Å². The van der Waals surface area contributed by atoms with Crippen LogP contribution in [0.3, 0.4) is 0 Å². The Labute approximate surface area is 164 Å². The highest BCUT2D eigenvalue weighted by atomic mass is 32.2. The molecular weight excluding hydrogens is 382 g/mol. The monoisotopic (exact) mass is 405 g/mol. The molecular formula is C19H23N3O5S. The molecule has 2 rings (SSSR count). The molecule has 2 N–H and O–H groups in total. The van der Waals surface area contributed by atoms with Gasteiger partial charge in [0.25, 0.3) is 0 Å². The summed E-state index contributed by atoms with van der Waals surface area (Å²) in [6, 6.07) is 5.92. The van der Waals surface area contributed by atoms with Crippen molar-refractivity contribution in [1.29, 1.82) is 5.26 Å². The molecule has 8 nitrogen and oxygen atoms in total. The summed E-state index contributed by atoms with van der Waals surface area (Å²) in [5.41, 5.74) is 5.79. The van der Waals surface area contributed by atoms with Gasteiger partial charge in [0.15, 0.2) is 6.61 Å². The number of ether oxygens (including phenoxy) is 1. The predicted molar refractivity (Wildman–Crippen MR) is 102 cm³/mol. The molecule has 0 spiro atoms. The number of rotatable bonds is 6. The SMILES string of the molecule is CC(N)=C(C#N)C(=O)COC(=O)c1cc(S(=O)(=O)N2CCCCC2)ccc1C. The first-order chi connectivity index (χ1) is 13.2. The molecule has 0 atom stereocenters. The molecule has 0 bridgehead atoms. The summed E-state index contributed by atoms with van der Waals surface area (Å²) in [4.78, 5) is 24.3. The number of ketones is 1. The molecule has 28 heavy (non-hydrogen) atoms. The summed E-state index contributed by atoms with van der Waals surface area (Å²) in [5, 5.41) is 8.92.